The van der Waals surface area contributed by atoms with Gasteiger partial charge in [0.15, 0.2) is 11.5 Å². The van der Waals surface area contributed by atoms with Crippen LogP contribution in [0.15, 0.2) is 77.3 Å². The van der Waals surface area contributed by atoms with E-state index in [2.05, 4.69) is 21.2 Å². The van der Waals surface area contributed by atoms with E-state index in [9.17, 15) is 18.0 Å². The topological polar surface area (TPSA) is 105 Å². The number of fused-ring (bicyclic) bond motifs is 1. The van der Waals surface area contributed by atoms with Crippen LogP contribution >= 0.6 is 15.9 Å². The van der Waals surface area contributed by atoms with Gasteiger partial charge < -0.3 is 19.7 Å². The third-order valence-electron chi connectivity index (χ3n) is 8.26. The molecule has 1 heterocycles. The number of amides is 2. The van der Waals surface area contributed by atoms with E-state index in [0.29, 0.717) is 23.6 Å². The van der Waals surface area contributed by atoms with Gasteiger partial charge in [-0.2, -0.15) is 0 Å². The Kier molecular flexibility index (Phi) is 11.0. The van der Waals surface area contributed by atoms with E-state index in [1.807, 2.05) is 54.6 Å². The van der Waals surface area contributed by atoms with Crippen molar-refractivity contribution in [2.24, 2.45) is 0 Å². The quantitative estimate of drug-likeness (QED) is 0.242. The average molecular weight is 699 g/mol. The van der Waals surface area contributed by atoms with Crippen LogP contribution in [0.5, 0.6) is 11.5 Å². The number of ether oxygens (including phenoxy) is 2. The number of anilines is 1. The largest absolute Gasteiger partial charge is 0.454 e. The Hall–Kier alpha value is -3.57. The molecule has 1 N–H and O–H groups in total. The molecule has 3 aromatic rings. The second kappa shape index (κ2) is 15.1. The minimum atomic E-state index is -3.65. The third kappa shape index (κ3) is 9.00. The van der Waals surface area contributed by atoms with Gasteiger partial charge in [-0.1, -0.05) is 77.7 Å². The average Bonchev–Trinajstić information content (AvgIpc) is 3.49. The molecule has 1 fully saturated rings. The summed E-state index contributed by atoms with van der Waals surface area (Å²) in [5.74, 6) is 0.660. The minimum Gasteiger partial charge on any atom is -0.454 e. The molecular formula is C34H40BrN3O6S. The first-order chi connectivity index (χ1) is 21.7. The Morgan fingerprint density at radius 2 is 1.67 bits per heavy atom. The molecule has 0 bridgehead atoms. The molecule has 0 saturated heterocycles. The van der Waals surface area contributed by atoms with E-state index in [1.54, 1.807) is 23.1 Å². The lowest BCUT2D eigenvalue weighted by atomic mass is 9.94. The summed E-state index contributed by atoms with van der Waals surface area (Å²) in [7, 11) is -3.65. The molecular weight excluding hydrogens is 658 g/mol. The van der Waals surface area contributed by atoms with Crippen LogP contribution in [0, 0.1) is 0 Å². The normalized spacial score (nSPS) is 15.3. The maximum absolute atomic E-state index is 14.1. The van der Waals surface area contributed by atoms with Crippen molar-refractivity contribution in [2.45, 2.75) is 70.0 Å². The molecule has 1 saturated carbocycles. The third-order valence-corrected chi connectivity index (χ3v) is 9.95. The number of carbonyl (C=O) groups excluding carboxylic acids is 2. The predicted molar refractivity (Wildman–Crippen MR) is 178 cm³/mol. The number of sulfonamides is 1. The van der Waals surface area contributed by atoms with Crippen molar-refractivity contribution in [3.05, 3.63) is 88.4 Å². The molecule has 0 spiro atoms. The van der Waals surface area contributed by atoms with Crippen LogP contribution in [0.4, 0.5) is 5.69 Å². The molecule has 5 rings (SSSR count). The van der Waals surface area contributed by atoms with Crippen molar-refractivity contribution in [3.8, 4) is 11.5 Å². The number of hydrogen-bond acceptors (Lipinski definition) is 6. The SMILES string of the molecule is CS(=O)(=O)N(CCCC(=O)N(Cc1cccc(Br)c1)[C@@H](Cc1ccccc1)C(=O)NC1CCCCC1)c1ccc2c(c1)OCO2. The molecule has 1 aliphatic heterocycles. The Balaban J connectivity index is 1.38. The van der Waals surface area contributed by atoms with Crippen LogP contribution in [0.2, 0.25) is 0 Å². The fourth-order valence-electron chi connectivity index (χ4n) is 5.97. The van der Waals surface area contributed by atoms with Gasteiger partial charge in [0.25, 0.3) is 0 Å². The number of carbonyl (C=O) groups is 2. The van der Waals surface area contributed by atoms with Crippen molar-refractivity contribution in [1.29, 1.82) is 0 Å². The van der Waals surface area contributed by atoms with Gasteiger partial charge in [-0.15, -0.1) is 0 Å². The van der Waals surface area contributed by atoms with Gasteiger partial charge in [0.2, 0.25) is 28.6 Å². The summed E-state index contributed by atoms with van der Waals surface area (Å²) in [5.41, 5.74) is 2.28. The predicted octanol–water partition coefficient (Wildman–Crippen LogP) is 5.81. The van der Waals surface area contributed by atoms with E-state index in [4.69, 9.17) is 9.47 Å². The van der Waals surface area contributed by atoms with Crippen LogP contribution in [0.1, 0.15) is 56.1 Å². The number of nitrogens with one attached hydrogen (secondary N) is 1. The van der Waals surface area contributed by atoms with E-state index in [-0.39, 0.29) is 50.6 Å². The molecule has 9 nitrogen and oxygen atoms in total. The van der Waals surface area contributed by atoms with Gasteiger partial charge in [0, 0.05) is 42.5 Å². The Bertz CT molecular complexity index is 1580. The van der Waals surface area contributed by atoms with Gasteiger partial charge >= 0.3 is 0 Å². The molecule has 45 heavy (non-hydrogen) atoms. The number of nitrogens with zero attached hydrogens (tertiary/aromatic N) is 2. The zero-order chi connectivity index (χ0) is 31.8. The number of halogens is 1. The molecule has 11 heteroatoms. The van der Waals surface area contributed by atoms with Gasteiger partial charge in [0.1, 0.15) is 6.04 Å². The van der Waals surface area contributed by atoms with Gasteiger partial charge in [-0.3, -0.25) is 13.9 Å². The Morgan fingerprint density at radius 3 is 2.40 bits per heavy atom. The first-order valence-electron chi connectivity index (χ1n) is 15.4. The maximum Gasteiger partial charge on any atom is 0.243 e. The second-order valence-corrected chi connectivity index (χ2v) is 14.5. The fourth-order valence-corrected chi connectivity index (χ4v) is 7.38. The van der Waals surface area contributed by atoms with E-state index < -0.39 is 16.1 Å². The van der Waals surface area contributed by atoms with Crippen LogP contribution in [0.25, 0.3) is 0 Å². The maximum atomic E-state index is 14.1. The summed E-state index contributed by atoms with van der Waals surface area (Å²) >= 11 is 3.53. The number of rotatable bonds is 13. The number of hydrogen-bond donors (Lipinski definition) is 1. The molecule has 2 amide bonds. The van der Waals surface area contributed by atoms with Crippen LogP contribution in [0.3, 0.4) is 0 Å². The fraction of sp³-hybridized carbons (Fsp3) is 0.412. The molecule has 0 radical (unpaired) electrons. The van der Waals surface area contributed by atoms with Crippen LogP contribution < -0.4 is 19.1 Å². The molecule has 0 aromatic heterocycles. The first-order valence-corrected chi connectivity index (χ1v) is 18.1. The van der Waals surface area contributed by atoms with Crippen molar-refractivity contribution in [1.82, 2.24) is 10.2 Å². The van der Waals surface area contributed by atoms with Crippen molar-refractivity contribution >= 4 is 43.5 Å². The summed E-state index contributed by atoms with van der Waals surface area (Å²) in [4.78, 5) is 29.8. The van der Waals surface area contributed by atoms with Gasteiger partial charge in [0.05, 0.1) is 11.9 Å². The van der Waals surface area contributed by atoms with Crippen molar-refractivity contribution < 1.29 is 27.5 Å². The molecule has 0 unspecified atom stereocenters. The van der Waals surface area contributed by atoms with Crippen molar-refractivity contribution in [2.75, 3.05) is 23.9 Å². The second-order valence-electron chi connectivity index (χ2n) is 11.7. The molecule has 1 atom stereocenters. The molecule has 1 aliphatic carbocycles. The minimum absolute atomic E-state index is 0.0621. The highest BCUT2D eigenvalue weighted by Crippen LogP contribution is 2.36. The highest BCUT2D eigenvalue weighted by Gasteiger charge is 2.32. The zero-order valence-electron chi connectivity index (χ0n) is 25.5. The standard InChI is InChI=1S/C34H40BrN3O6S/c1-45(41,42)38(29-17-18-31-32(22-29)44-24-43-31)19-9-16-33(39)37(23-26-12-8-13-27(35)20-26)30(21-25-10-4-2-5-11-25)34(40)36-28-14-6-3-7-15-28/h2,4-5,8,10-13,17-18,20,22,28,30H,3,6-7,9,14-16,19,21,23-24H2,1H3,(H,36,40)/t30-/m0/s1. The molecule has 2 aliphatic rings. The number of benzene rings is 3. The van der Waals surface area contributed by atoms with E-state index in [1.165, 1.54) is 10.7 Å². The van der Waals surface area contributed by atoms with Gasteiger partial charge in [-0.25, -0.2) is 8.42 Å². The lowest BCUT2D eigenvalue weighted by Gasteiger charge is -2.34. The Labute approximate surface area is 274 Å². The van der Waals surface area contributed by atoms with E-state index in [0.717, 1.165) is 47.5 Å². The molecule has 3 aromatic carbocycles. The summed E-state index contributed by atoms with van der Waals surface area (Å²) in [6.45, 7) is 0.414. The lowest BCUT2D eigenvalue weighted by molar-refractivity contribution is -0.141. The zero-order valence-corrected chi connectivity index (χ0v) is 27.9. The highest BCUT2D eigenvalue weighted by molar-refractivity contribution is 9.10. The summed E-state index contributed by atoms with van der Waals surface area (Å²) in [6.07, 6.45) is 7.03. The summed E-state index contributed by atoms with van der Waals surface area (Å²) in [5, 5.41) is 3.26. The van der Waals surface area contributed by atoms with Gasteiger partial charge in [-0.05, 0) is 54.7 Å². The van der Waals surface area contributed by atoms with Crippen molar-refractivity contribution in [3.63, 3.8) is 0 Å². The Morgan fingerprint density at radius 1 is 0.933 bits per heavy atom. The highest BCUT2D eigenvalue weighted by atomic mass is 79.9. The van der Waals surface area contributed by atoms with Crippen LogP contribution in [-0.4, -0.2) is 56.8 Å². The monoisotopic (exact) mass is 697 g/mol. The first kappa shape index (κ1) is 32.8. The van der Waals surface area contributed by atoms with Crippen LogP contribution in [-0.2, 0) is 32.6 Å². The lowest BCUT2D eigenvalue weighted by Crippen LogP contribution is -2.52. The molecule has 240 valence electrons. The summed E-state index contributed by atoms with van der Waals surface area (Å²) < 4.78 is 38.6. The smallest absolute Gasteiger partial charge is 0.243 e. The van der Waals surface area contributed by atoms with E-state index >= 15 is 0 Å². The summed E-state index contributed by atoms with van der Waals surface area (Å²) in [6, 6.07) is 21.8.